The lowest BCUT2D eigenvalue weighted by Crippen LogP contribution is -2.12. The van der Waals surface area contributed by atoms with Gasteiger partial charge < -0.3 is 15.8 Å². The molecule has 0 bridgehead atoms. The van der Waals surface area contributed by atoms with Crippen LogP contribution in [0, 0.1) is 0 Å². The number of hydrogen-bond acceptors (Lipinski definition) is 3. The summed E-state index contributed by atoms with van der Waals surface area (Å²) >= 11 is 11.9. The van der Waals surface area contributed by atoms with E-state index in [2.05, 4.69) is 5.32 Å². The van der Waals surface area contributed by atoms with Crippen molar-refractivity contribution in [2.24, 2.45) is 0 Å². The molecule has 1 amide bonds. The minimum Gasteiger partial charge on any atom is -0.457 e. The molecule has 0 aliphatic heterocycles. The lowest BCUT2D eigenvalue weighted by atomic mass is 10.2. The fourth-order valence-corrected chi connectivity index (χ4v) is 2.62. The largest absolute Gasteiger partial charge is 0.457 e. The summed E-state index contributed by atoms with van der Waals surface area (Å²) in [6.45, 7) is 0. The first kappa shape index (κ1) is 17.1. The monoisotopic (exact) mass is 372 g/mol. The van der Waals surface area contributed by atoms with Gasteiger partial charge >= 0.3 is 0 Å². The highest BCUT2D eigenvalue weighted by Crippen LogP contribution is 2.29. The molecule has 3 aromatic carbocycles. The molecule has 3 N–H and O–H groups in total. The van der Waals surface area contributed by atoms with Gasteiger partial charge in [0.25, 0.3) is 5.91 Å². The number of nitrogens with one attached hydrogen (secondary N) is 1. The van der Waals surface area contributed by atoms with Crippen LogP contribution < -0.4 is 15.8 Å². The van der Waals surface area contributed by atoms with Gasteiger partial charge in [0, 0.05) is 39.1 Å². The third-order valence-electron chi connectivity index (χ3n) is 3.31. The number of ether oxygens (including phenoxy) is 1. The summed E-state index contributed by atoms with van der Waals surface area (Å²) in [6.07, 6.45) is 0. The van der Waals surface area contributed by atoms with Crippen molar-refractivity contribution in [3.05, 3.63) is 82.3 Å². The SMILES string of the molecule is Nc1cc(NC(=O)c2cccc(Cl)c2)cc(Oc2cccc(Cl)c2)c1. The smallest absolute Gasteiger partial charge is 0.255 e. The Labute approximate surface area is 155 Å². The summed E-state index contributed by atoms with van der Waals surface area (Å²) in [6, 6.07) is 18.7. The van der Waals surface area contributed by atoms with E-state index in [4.69, 9.17) is 33.7 Å². The van der Waals surface area contributed by atoms with E-state index in [1.165, 1.54) is 0 Å². The van der Waals surface area contributed by atoms with Crippen molar-refractivity contribution in [1.82, 2.24) is 0 Å². The highest BCUT2D eigenvalue weighted by Gasteiger charge is 2.09. The number of nitrogens with two attached hydrogens (primary N) is 1. The molecule has 0 fully saturated rings. The second-order valence-corrected chi connectivity index (χ2v) is 6.19. The fourth-order valence-electron chi connectivity index (χ4n) is 2.25. The van der Waals surface area contributed by atoms with Gasteiger partial charge in [-0.25, -0.2) is 0 Å². The van der Waals surface area contributed by atoms with E-state index in [9.17, 15) is 4.79 Å². The van der Waals surface area contributed by atoms with Gasteiger partial charge in [0.05, 0.1) is 0 Å². The second kappa shape index (κ2) is 7.47. The van der Waals surface area contributed by atoms with Crippen molar-refractivity contribution < 1.29 is 9.53 Å². The molecule has 0 saturated carbocycles. The summed E-state index contributed by atoms with van der Waals surface area (Å²) in [7, 11) is 0. The van der Waals surface area contributed by atoms with Crippen LogP contribution in [-0.2, 0) is 0 Å². The summed E-state index contributed by atoms with van der Waals surface area (Å²) in [5.74, 6) is 0.774. The molecule has 0 atom stereocenters. The second-order valence-electron chi connectivity index (χ2n) is 5.31. The molecule has 0 unspecified atom stereocenters. The van der Waals surface area contributed by atoms with Crippen molar-refractivity contribution >= 4 is 40.5 Å². The predicted molar refractivity (Wildman–Crippen MR) is 102 cm³/mol. The topological polar surface area (TPSA) is 64.3 Å². The number of carbonyl (C=O) groups excluding carboxylic acids is 1. The van der Waals surface area contributed by atoms with Crippen LogP contribution in [0.25, 0.3) is 0 Å². The molecular formula is C19H14Cl2N2O2. The molecule has 0 saturated heterocycles. The molecule has 25 heavy (non-hydrogen) atoms. The van der Waals surface area contributed by atoms with Crippen LogP contribution in [-0.4, -0.2) is 5.91 Å². The normalized spacial score (nSPS) is 10.3. The third kappa shape index (κ3) is 4.66. The number of rotatable bonds is 4. The van der Waals surface area contributed by atoms with Crippen LogP contribution in [0.15, 0.2) is 66.7 Å². The van der Waals surface area contributed by atoms with Gasteiger partial charge in [0.1, 0.15) is 11.5 Å². The van der Waals surface area contributed by atoms with Crippen LogP contribution >= 0.6 is 23.2 Å². The van der Waals surface area contributed by atoms with Crippen LogP contribution in [0.4, 0.5) is 11.4 Å². The molecule has 4 nitrogen and oxygen atoms in total. The molecule has 0 aliphatic carbocycles. The van der Waals surface area contributed by atoms with E-state index in [1.807, 2.05) is 0 Å². The van der Waals surface area contributed by atoms with Crippen LogP contribution in [0.5, 0.6) is 11.5 Å². The molecular weight excluding hydrogens is 359 g/mol. The van der Waals surface area contributed by atoms with Crippen LogP contribution in [0.2, 0.25) is 10.0 Å². The highest BCUT2D eigenvalue weighted by atomic mass is 35.5. The van der Waals surface area contributed by atoms with E-state index in [1.54, 1.807) is 66.7 Å². The Hall–Kier alpha value is -2.69. The predicted octanol–water partition coefficient (Wildman–Crippen LogP) is 5.62. The van der Waals surface area contributed by atoms with E-state index >= 15 is 0 Å². The van der Waals surface area contributed by atoms with Gasteiger partial charge in [-0.1, -0.05) is 35.3 Å². The zero-order valence-corrected chi connectivity index (χ0v) is 14.5. The minimum atomic E-state index is -0.290. The number of amides is 1. The first-order chi connectivity index (χ1) is 12.0. The summed E-state index contributed by atoms with van der Waals surface area (Å²) in [5.41, 5.74) is 7.33. The van der Waals surface area contributed by atoms with E-state index in [0.717, 1.165) is 0 Å². The first-order valence-corrected chi connectivity index (χ1v) is 8.16. The molecule has 0 spiro atoms. The average Bonchev–Trinajstić information content (AvgIpc) is 2.54. The van der Waals surface area contributed by atoms with Crippen LogP contribution in [0.3, 0.4) is 0 Å². The summed E-state index contributed by atoms with van der Waals surface area (Å²) < 4.78 is 5.75. The summed E-state index contributed by atoms with van der Waals surface area (Å²) in [4.78, 5) is 12.3. The van der Waals surface area contributed by atoms with Crippen molar-refractivity contribution in [3.63, 3.8) is 0 Å². The van der Waals surface area contributed by atoms with Gasteiger partial charge in [0.2, 0.25) is 0 Å². The molecule has 0 radical (unpaired) electrons. The maximum absolute atomic E-state index is 12.3. The molecule has 0 aliphatic rings. The number of halogens is 2. The standard InChI is InChI=1S/C19H14Cl2N2O2/c20-13-4-1-3-12(7-13)19(24)23-16-9-15(22)10-18(11-16)25-17-6-2-5-14(21)8-17/h1-11H,22H2,(H,23,24). The molecule has 0 heterocycles. The number of hydrogen-bond donors (Lipinski definition) is 2. The Morgan fingerprint density at radius 3 is 2.32 bits per heavy atom. The van der Waals surface area contributed by atoms with E-state index in [-0.39, 0.29) is 5.91 Å². The van der Waals surface area contributed by atoms with Gasteiger partial charge in [-0.2, -0.15) is 0 Å². The zero-order chi connectivity index (χ0) is 17.8. The van der Waals surface area contributed by atoms with Gasteiger partial charge in [0.15, 0.2) is 0 Å². The Kier molecular flexibility index (Phi) is 5.12. The van der Waals surface area contributed by atoms with Gasteiger partial charge in [-0.3, -0.25) is 4.79 Å². The zero-order valence-electron chi connectivity index (χ0n) is 13.0. The Bertz CT molecular complexity index is 929. The van der Waals surface area contributed by atoms with Crippen molar-refractivity contribution in [2.45, 2.75) is 0 Å². The molecule has 6 heteroatoms. The number of carbonyl (C=O) groups is 1. The third-order valence-corrected chi connectivity index (χ3v) is 3.78. The van der Waals surface area contributed by atoms with Gasteiger partial charge in [-0.15, -0.1) is 0 Å². The molecule has 126 valence electrons. The maximum atomic E-state index is 12.3. The highest BCUT2D eigenvalue weighted by molar-refractivity contribution is 6.31. The lowest BCUT2D eigenvalue weighted by Gasteiger charge is -2.11. The van der Waals surface area contributed by atoms with Crippen molar-refractivity contribution in [3.8, 4) is 11.5 Å². The van der Waals surface area contributed by atoms with E-state index < -0.39 is 0 Å². The fraction of sp³-hybridized carbons (Fsp3) is 0. The van der Waals surface area contributed by atoms with Gasteiger partial charge in [-0.05, 0) is 42.5 Å². The first-order valence-electron chi connectivity index (χ1n) is 7.40. The minimum absolute atomic E-state index is 0.290. The molecule has 3 rings (SSSR count). The van der Waals surface area contributed by atoms with Crippen LogP contribution in [0.1, 0.15) is 10.4 Å². The van der Waals surface area contributed by atoms with Crippen molar-refractivity contribution in [2.75, 3.05) is 11.1 Å². The average molecular weight is 373 g/mol. The van der Waals surface area contributed by atoms with E-state index in [0.29, 0.717) is 38.5 Å². The number of anilines is 2. The summed E-state index contributed by atoms with van der Waals surface area (Å²) in [5, 5.41) is 3.84. The van der Waals surface area contributed by atoms with Crippen molar-refractivity contribution in [1.29, 1.82) is 0 Å². The number of benzene rings is 3. The maximum Gasteiger partial charge on any atom is 0.255 e. The molecule has 0 aromatic heterocycles. The quantitative estimate of drug-likeness (QED) is 0.584. The molecule has 3 aromatic rings. The Balaban J connectivity index is 1.80. The Morgan fingerprint density at radius 1 is 0.880 bits per heavy atom. The number of nitrogen functional groups attached to an aromatic ring is 1. The lowest BCUT2D eigenvalue weighted by molar-refractivity contribution is 0.102. The Morgan fingerprint density at radius 2 is 1.60 bits per heavy atom.